The third-order valence-electron chi connectivity index (χ3n) is 5.80. The molecule has 3 aromatic carbocycles. The third-order valence-corrected chi connectivity index (χ3v) is 7.93. The number of hydrogen-bond donors (Lipinski definition) is 1. The van der Waals surface area contributed by atoms with Crippen molar-refractivity contribution in [2.24, 2.45) is 0 Å². The van der Waals surface area contributed by atoms with Crippen molar-refractivity contribution in [3.63, 3.8) is 0 Å². The second-order valence-electron chi connectivity index (χ2n) is 7.70. The molecule has 4 aromatic rings. The fourth-order valence-corrected chi connectivity index (χ4v) is 6.01. The Hall–Kier alpha value is -2.60. The molecule has 152 valence electrons. The summed E-state index contributed by atoms with van der Waals surface area (Å²) in [5.41, 5.74) is 5.06. The molecule has 0 bridgehead atoms. The molecule has 0 saturated heterocycles. The van der Waals surface area contributed by atoms with Crippen LogP contribution in [0.25, 0.3) is 10.9 Å². The molecule has 1 aromatic heterocycles. The number of rotatable bonds is 3. The molecule has 4 nitrogen and oxygen atoms in total. The van der Waals surface area contributed by atoms with Crippen molar-refractivity contribution in [1.82, 2.24) is 9.29 Å². The second-order valence-corrected chi connectivity index (χ2v) is 10.0. The Balaban J connectivity index is 1.70. The molecule has 1 atom stereocenters. The van der Waals surface area contributed by atoms with Crippen LogP contribution in [0.1, 0.15) is 28.4 Å². The number of para-hydroxylation sites is 1. The van der Waals surface area contributed by atoms with Crippen molar-refractivity contribution in [3.05, 3.63) is 100 Å². The summed E-state index contributed by atoms with van der Waals surface area (Å²) >= 11 is 6.11. The lowest BCUT2D eigenvalue weighted by Crippen LogP contribution is -2.40. The number of sulfonamides is 1. The van der Waals surface area contributed by atoms with Crippen LogP contribution < -0.4 is 0 Å². The molecule has 1 aliphatic heterocycles. The largest absolute Gasteiger partial charge is 0.357 e. The van der Waals surface area contributed by atoms with Crippen molar-refractivity contribution in [2.75, 3.05) is 6.54 Å². The number of halogens is 1. The maximum absolute atomic E-state index is 13.7. The van der Waals surface area contributed by atoms with Crippen LogP contribution in [0.15, 0.2) is 77.7 Å². The molecule has 1 N–H and O–H groups in total. The van der Waals surface area contributed by atoms with Gasteiger partial charge in [0.2, 0.25) is 10.0 Å². The van der Waals surface area contributed by atoms with Gasteiger partial charge in [0, 0.05) is 28.2 Å². The summed E-state index contributed by atoms with van der Waals surface area (Å²) in [6, 6.07) is 22.2. The SMILES string of the molecule is Cc1ccc(S(=O)(=O)N2CCc3c([nH]c4ccccc34)C2c2ccc(Cl)cc2)cc1. The highest BCUT2D eigenvalue weighted by molar-refractivity contribution is 7.89. The second kappa shape index (κ2) is 7.27. The molecule has 0 aliphatic carbocycles. The predicted octanol–water partition coefficient (Wildman–Crippen LogP) is 5.47. The van der Waals surface area contributed by atoms with Gasteiger partial charge in [-0.15, -0.1) is 0 Å². The molecule has 5 rings (SSSR count). The van der Waals surface area contributed by atoms with Crippen LogP contribution in [-0.2, 0) is 16.4 Å². The van der Waals surface area contributed by atoms with Gasteiger partial charge in [0.15, 0.2) is 0 Å². The lowest BCUT2D eigenvalue weighted by Gasteiger charge is -2.35. The van der Waals surface area contributed by atoms with Crippen molar-refractivity contribution in [1.29, 1.82) is 0 Å². The zero-order valence-electron chi connectivity index (χ0n) is 16.5. The highest BCUT2D eigenvalue weighted by Gasteiger charge is 2.39. The normalized spacial score (nSPS) is 17.2. The highest BCUT2D eigenvalue weighted by atomic mass is 35.5. The summed E-state index contributed by atoms with van der Waals surface area (Å²) in [6.07, 6.45) is 0.661. The number of benzene rings is 3. The van der Waals surface area contributed by atoms with Gasteiger partial charge in [0.1, 0.15) is 0 Å². The number of fused-ring (bicyclic) bond motifs is 3. The lowest BCUT2D eigenvalue weighted by molar-refractivity contribution is 0.340. The molecular formula is C24H21ClN2O2S. The quantitative estimate of drug-likeness (QED) is 0.463. The number of aromatic amines is 1. The zero-order chi connectivity index (χ0) is 20.9. The van der Waals surface area contributed by atoms with Gasteiger partial charge in [0.25, 0.3) is 0 Å². The molecular weight excluding hydrogens is 416 g/mol. The Morgan fingerprint density at radius 1 is 0.967 bits per heavy atom. The van der Waals surface area contributed by atoms with Crippen LogP contribution in [0.5, 0.6) is 0 Å². The topological polar surface area (TPSA) is 53.2 Å². The molecule has 1 aliphatic rings. The number of H-pyrrole nitrogens is 1. The van der Waals surface area contributed by atoms with Crippen LogP contribution >= 0.6 is 11.6 Å². The predicted molar refractivity (Wildman–Crippen MR) is 120 cm³/mol. The Bertz CT molecular complexity index is 1330. The van der Waals surface area contributed by atoms with Crippen LogP contribution in [0.3, 0.4) is 0 Å². The lowest BCUT2D eigenvalue weighted by atomic mass is 9.94. The van der Waals surface area contributed by atoms with E-state index in [2.05, 4.69) is 11.1 Å². The van der Waals surface area contributed by atoms with E-state index in [1.165, 1.54) is 5.56 Å². The molecule has 2 heterocycles. The van der Waals surface area contributed by atoms with E-state index in [9.17, 15) is 8.42 Å². The summed E-state index contributed by atoms with van der Waals surface area (Å²) in [4.78, 5) is 3.81. The first kappa shape index (κ1) is 19.4. The van der Waals surface area contributed by atoms with Crippen LogP contribution in [0.2, 0.25) is 5.02 Å². The number of nitrogens with one attached hydrogen (secondary N) is 1. The summed E-state index contributed by atoms with van der Waals surface area (Å²) in [5.74, 6) is 0. The van der Waals surface area contributed by atoms with Gasteiger partial charge in [0.05, 0.1) is 10.9 Å². The van der Waals surface area contributed by atoms with E-state index in [-0.39, 0.29) is 0 Å². The van der Waals surface area contributed by atoms with Gasteiger partial charge in [-0.2, -0.15) is 4.31 Å². The van der Waals surface area contributed by atoms with E-state index in [0.717, 1.165) is 27.7 Å². The first-order valence-corrected chi connectivity index (χ1v) is 11.7. The summed E-state index contributed by atoms with van der Waals surface area (Å²) in [6.45, 7) is 2.36. The third kappa shape index (κ3) is 3.14. The molecule has 0 radical (unpaired) electrons. The minimum atomic E-state index is -3.69. The van der Waals surface area contributed by atoms with E-state index in [1.54, 1.807) is 16.4 Å². The average molecular weight is 437 g/mol. The van der Waals surface area contributed by atoms with E-state index in [0.29, 0.717) is 22.9 Å². The van der Waals surface area contributed by atoms with Gasteiger partial charge in [-0.25, -0.2) is 8.42 Å². The number of hydrogen-bond acceptors (Lipinski definition) is 2. The van der Waals surface area contributed by atoms with Crippen molar-refractivity contribution in [2.45, 2.75) is 24.3 Å². The maximum atomic E-state index is 13.7. The monoisotopic (exact) mass is 436 g/mol. The van der Waals surface area contributed by atoms with Gasteiger partial charge in [-0.05, 0) is 54.8 Å². The van der Waals surface area contributed by atoms with Crippen molar-refractivity contribution < 1.29 is 8.42 Å². The zero-order valence-corrected chi connectivity index (χ0v) is 18.0. The van der Waals surface area contributed by atoms with Gasteiger partial charge >= 0.3 is 0 Å². The van der Waals surface area contributed by atoms with E-state index in [1.807, 2.05) is 61.5 Å². The standard InChI is InChI=1S/C24H21ClN2O2S/c1-16-6-12-19(13-7-16)30(28,29)27-15-14-21-20-4-2-3-5-22(20)26-23(21)24(27)17-8-10-18(25)11-9-17/h2-13,24,26H,14-15H2,1H3. The first-order chi connectivity index (χ1) is 14.4. The summed E-state index contributed by atoms with van der Waals surface area (Å²) in [5, 5.41) is 1.78. The Morgan fingerprint density at radius 3 is 2.40 bits per heavy atom. The van der Waals surface area contributed by atoms with E-state index in [4.69, 9.17) is 11.6 Å². The summed E-state index contributed by atoms with van der Waals surface area (Å²) < 4.78 is 28.9. The minimum Gasteiger partial charge on any atom is -0.357 e. The van der Waals surface area contributed by atoms with Crippen molar-refractivity contribution in [3.8, 4) is 0 Å². The average Bonchev–Trinajstić information content (AvgIpc) is 3.13. The molecule has 0 spiro atoms. The first-order valence-electron chi connectivity index (χ1n) is 9.88. The Morgan fingerprint density at radius 2 is 1.67 bits per heavy atom. The van der Waals surface area contributed by atoms with Crippen LogP contribution in [0, 0.1) is 6.92 Å². The van der Waals surface area contributed by atoms with Crippen LogP contribution in [0.4, 0.5) is 0 Å². The number of aromatic nitrogens is 1. The van der Waals surface area contributed by atoms with E-state index < -0.39 is 16.1 Å². The molecule has 0 saturated carbocycles. The van der Waals surface area contributed by atoms with E-state index >= 15 is 0 Å². The minimum absolute atomic E-state index is 0.312. The smallest absolute Gasteiger partial charge is 0.244 e. The maximum Gasteiger partial charge on any atom is 0.244 e. The Kier molecular flexibility index (Phi) is 4.69. The fourth-order valence-electron chi connectivity index (χ4n) is 4.30. The number of aryl methyl sites for hydroxylation is 1. The number of nitrogens with zero attached hydrogens (tertiary/aromatic N) is 1. The summed E-state index contributed by atoms with van der Waals surface area (Å²) in [7, 11) is -3.69. The fraction of sp³-hybridized carbons (Fsp3) is 0.167. The highest BCUT2D eigenvalue weighted by Crippen LogP contribution is 2.41. The van der Waals surface area contributed by atoms with Crippen LogP contribution in [-0.4, -0.2) is 24.3 Å². The molecule has 6 heteroatoms. The van der Waals surface area contributed by atoms with Gasteiger partial charge in [-0.3, -0.25) is 0 Å². The molecule has 30 heavy (non-hydrogen) atoms. The van der Waals surface area contributed by atoms with Crippen molar-refractivity contribution >= 4 is 32.5 Å². The molecule has 0 fully saturated rings. The molecule has 0 amide bonds. The van der Waals surface area contributed by atoms with Gasteiger partial charge in [-0.1, -0.05) is 59.6 Å². The molecule has 1 unspecified atom stereocenters. The van der Waals surface area contributed by atoms with Gasteiger partial charge < -0.3 is 4.98 Å². The Labute approximate surface area is 181 Å².